The molecule has 0 spiro atoms. The number of hydrogen-bond donors (Lipinski definition) is 1. The van der Waals surface area contributed by atoms with Crippen molar-refractivity contribution in [3.8, 4) is 5.75 Å². The van der Waals surface area contributed by atoms with Crippen LogP contribution in [0.25, 0.3) is 0 Å². The summed E-state index contributed by atoms with van der Waals surface area (Å²) in [4.78, 5) is 33.1. The summed E-state index contributed by atoms with van der Waals surface area (Å²) in [5, 5.41) is 13.1. The van der Waals surface area contributed by atoms with Crippen LogP contribution in [0.15, 0.2) is 54.6 Å². The van der Waals surface area contributed by atoms with E-state index in [1.807, 2.05) is 6.07 Å². The second-order valence-corrected chi connectivity index (χ2v) is 4.61. The lowest BCUT2D eigenvalue weighted by Gasteiger charge is -2.07. The molecule has 0 aliphatic carbocycles. The summed E-state index contributed by atoms with van der Waals surface area (Å²) in [5.74, 6) is -0.910. The molecule has 0 radical (unpaired) electrons. The summed E-state index contributed by atoms with van der Waals surface area (Å²) >= 11 is 0. The number of anilines is 1. The number of amides is 1. The molecule has 2 aromatic rings. The van der Waals surface area contributed by atoms with E-state index in [1.54, 1.807) is 24.3 Å². The number of nitrogens with zero attached hydrogens (tertiary/aromatic N) is 1. The number of esters is 1. The molecule has 0 fully saturated rings. The van der Waals surface area contributed by atoms with Gasteiger partial charge in [-0.15, -0.1) is 0 Å². The van der Waals surface area contributed by atoms with Gasteiger partial charge in [0.25, 0.3) is 11.6 Å². The first-order valence-corrected chi connectivity index (χ1v) is 6.92. The summed E-state index contributed by atoms with van der Waals surface area (Å²) in [6, 6.07) is 14.0. The summed E-state index contributed by atoms with van der Waals surface area (Å²) in [6.07, 6.45) is 0. The van der Waals surface area contributed by atoms with Gasteiger partial charge in [0, 0.05) is 17.8 Å². The Morgan fingerprint density at radius 3 is 2.29 bits per heavy atom. The fraction of sp³-hybridized carbons (Fsp3) is 0.125. The van der Waals surface area contributed by atoms with Crippen LogP contribution in [0.1, 0.15) is 0 Å². The molecular weight excluding hydrogens is 316 g/mol. The Morgan fingerprint density at radius 2 is 1.67 bits per heavy atom. The lowest BCUT2D eigenvalue weighted by atomic mass is 10.3. The molecular formula is C16H14N2O6. The molecule has 0 saturated heterocycles. The number of carbonyl (C=O) groups excluding carboxylic acids is 2. The predicted octanol–water partition coefficient (Wildman–Crippen LogP) is 2.16. The van der Waals surface area contributed by atoms with Crippen LogP contribution in [0.5, 0.6) is 5.75 Å². The van der Waals surface area contributed by atoms with Crippen molar-refractivity contribution in [3.63, 3.8) is 0 Å². The minimum absolute atomic E-state index is 0.0810. The van der Waals surface area contributed by atoms with Gasteiger partial charge < -0.3 is 14.8 Å². The average molecular weight is 330 g/mol. The average Bonchev–Trinajstić information content (AvgIpc) is 2.59. The molecule has 0 saturated carbocycles. The third-order valence-electron chi connectivity index (χ3n) is 2.83. The highest BCUT2D eigenvalue weighted by Gasteiger charge is 2.10. The molecule has 1 N–H and O–H groups in total. The number of nitro groups is 1. The van der Waals surface area contributed by atoms with E-state index in [9.17, 15) is 19.7 Å². The SMILES string of the molecule is O=C(COC(=O)COc1ccc([N+](=O)[O-])cc1)Nc1ccccc1. The van der Waals surface area contributed by atoms with E-state index in [0.717, 1.165) is 0 Å². The highest BCUT2D eigenvalue weighted by molar-refractivity contribution is 5.92. The van der Waals surface area contributed by atoms with Gasteiger partial charge in [0.15, 0.2) is 13.2 Å². The number of para-hydroxylation sites is 1. The first kappa shape index (κ1) is 16.9. The van der Waals surface area contributed by atoms with Crippen LogP contribution in [-0.4, -0.2) is 30.0 Å². The molecule has 0 atom stereocenters. The molecule has 8 heteroatoms. The van der Waals surface area contributed by atoms with Crippen molar-refractivity contribution in [3.05, 3.63) is 64.7 Å². The molecule has 0 aliphatic rings. The van der Waals surface area contributed by atoms with Crippen molar-refractivity contribution in [2.75, 3.05) is 18.5 Å². The highest BCUT2D eigenvalue weighted by Crippen LogP contribution is 2.17. The molecule has 0 unspecified atom stereocenters. The summed E-state index contributed by atoms with van der Waals surface area (Å²) in [6.45, 7) is -0.840. The zero-order valence-corrected chi connectivity index (χ0v) is 12.5. The molecule has 0 aromatic heterocycles. The molecule has 2 aromatic carbocycles. The van der Waals surface area contributed by atoms with Crippen molar-refractivity contribution < 1.29 is 24.0 Å². The fourth-order valence-electron chi connectivity index (χ4n) is 1.71. The number of non-ortho nitro benzene ring substituents is 1. The van der Waals surface area contributed by atoms with Crippen molar-refractivity contribution >= 4 is 23.3 Å². The number of hydrogen-bond acceptors (Lipinski definition) is 6. The summed E-state index contributed by atoms with van der Waals surface area (Å²) in [7, 11) is 0. The number of carbonyl (C=O) groups is 2. The zero-order chi connectivity index (χ0) is 17.4. The minimum Gasteiger partial charge on any atom is -0.482 e. The number of benzene rings is 2. The molecule has 0 bridgehead atoms. The highest BCUT2D eigenvalue weighted by atomic mass is 16.6. The van der Waals surface area contributed by atoms with Gasteiger partial charge >= 0.3 is 5.97 Å². The topological polar surface area (TPSA) is 108 Å². The van der Waals surface area contributed by atoms with Gasteiger partial charge in [0.1, 0.15) is 5.75 Å². The molecule has 24 heavy (non-hydrogen) atoms. The number of nitrogens with one attached hydrogen (secondary N) is 1. The maximum Gasteiger partial charge on any atom is 0.344 e. The van der Waals surface area contributed by atoms with Gasteiger partial charge in [-0.05, 0) is 24.3 Å². The second kappa shape index (κ2) is 8.28. The Morgan fingerprint density at radius 1 is 1.00 bits per heavy atom. The first-order chi connectivity index (χ1) is 11.5. The quantitative estimate of drug-likeness (QED) is 0.473. The summed E-state index contributed by atoms with van der Waals surface area (Å²) < 4.78 is 9.90. The van der Waals surface area contributed by atoms with Crippen LogP contribution >= 0.6 is 0 Å². The number of nitro benzene ring substituents is 1. The Kier molecular flexibility index (Phi) is 5.84. The van der Waals surface area contributed by atoms with Crippen LogP contribution in [0, 0.1) is 10.1 Å². The Labute approximate surface area is 137 Å². The van der Waals surface area contributed by atoms with Gasteiger partial charge in [-0.3, -0.25) is 14.9 Å². The monoisotopic (exact) mass is 330 g/mol. The van der Waals surface area contributed by atoms with Crippen LogP contribution in [0.2, 0.25) is 0 Å². The van der Waals surface area contributed by atoms with Crippen molar-refractivity contribution in [1.82, 2.24) is 0 Å². The van der Waals surface area contributed by atoms with Gasteiger partial charge in [-0.1, -0.05) is 18.2 Å². The Hall–Kier alpha value is -3.42. The second-order valence-electron chi connectivity index (χ2n) is 4.61. The molecule has 0 heterocycles. The number of rotatable bonds is 7. The molecule has 0 aliphatic heterocycles. The van der Waals surface area contributed by atoms with E-state index < -0.39 is 30.0 Å². The van der Waals surface area contributed by atoms with E-state index in [1.165, 1.54) is 24.3 Å². The normalized spacial score (nSPS) is 9.83. The fourth-order valence-corrected chi connectivity index (χ4v) is 1.71. The van der Waals surface area contributed by atoms with Crippen molar-refractivity contribution in [1.29, 1.82) is 0 Å². The largest absolute Gasteiger partial charge is 0.482 e. The predicted molar refractivity (Wildman–Crippen MR) is 84.6 cm³/mol. The van der Waals surface area contributed by atoms with E-state index in [4.69, 9.17) is 9.47 Å². The van der Waals surface area contributed by atoms with Crippen LogP contribution in [-0.2, 0) is 14.3 Å². The Bertz CT molecular complexity index is 715. The smallest absolute Gasteiger partial charge is 0.344 e. The van der Waals surface area contributed by atoms with E-state index in [-0.39, 0.29) is 11.4 Å². The lowest BCUT2D eigenvalue weighted by Crippen LogP contribution is -2.23. The molecule has 2 rings (SSSR count). The van der Waals surface area contributed by atoms with Crippen LogP contribution in [0.4, 0.5) is 11.4 Å². The standard InChI is InChI=1S/C16H14N2O6/c19-15(17-12-4-2-1-3-5-12)10-24-16(20)11-23-14-8-6-13(7-9-14)18(21)22/h1-9H,10-11H2,(H,17,19). The Balaban J connectivity index is 1.71. The van der Waals surface area contributed by atoms with Crippen LogP contribution in [0.3, 0.4) is 0 Å². The molecule has 124 valence electrons. The van der Waals surface area contributed by atoms with E-state index in [0.29, 0.717) is 5.69 Å². The number of ether oxygens (including phenoxy) is 2. The maximum atomic E-state index is 11.6. The lowest BCUT2D eigenvalue weighted by molar-refractivity contribution is -0.384. The first-order valence-electron chi connectivity index (χ1n) is 6.92. The van der Waals surface area contributed by atoms with Gasteiger partial charge in [-0.2, -0.15) is 0 Å². The van der Waals surface area contributed by atoms with Crippen molar-refractivity contribution in [2.24, 2.45) is 0 Å². The van der Waals surface area contributed by atoms with Crippen molar-refractivity contribution in [2.45, 2.75) is 0 Å². The van der Waals surface area contributed by atoms with E-state index >= 15 is 0 Å². The van der Waals surface area contributed by atoms with Gasteiger partial charge in [0.05, 0.1) is 4.92 Å². The zero-order valence-electron chi connectivity index (χ0n) is 12.5. The molecule has 1 amide bonds. The van der Waals surface area contributed by atoms with Crippen LogP contribution < -0.4 is 10.1 Å². The summed E-state index contributed by atoms with van der Waals surface area (Å²) in [5.41, 5.74) is 0.517. The minimum atomic E-state index is -0.725. The van der Waals surface area contributed by atoms with Gasteiger partial charge in [-0.25, -0.2) is 4.79 Å². The van der Waals surface area contributed by atoms with E-state index in [2.05, 4.69) is 5.32 Å². The third kappa shape index (κ3) is 5.41. The maximum absolute atomic E-state index is 11.6. The van der Waals surface area contributed by atoms with Gasteiger partial charge in [0.2, 0.25) is 0 Å². The molecule has 8 nitrogen and oxygen atoms in total. The third-order valence-corrected chi connectivity index (χ3v) is 2.83.